The molecule has 0 saturated heterocycles. The van der Waals surface area contributed by atoms with E-state index in [1.165, 1.54) is 6.07 Å². The van der Waals surface area contributed by atoms with Gasteiger partial charge in [0.15, 0.2) is 0 Å². The number of alkyl halides is 2. The molecule has 0 bridgehead atoms. The first kappa shape index (κ1) is 21.2. The summed E-state index contributed by atoms with van der Waals surface area (Å²) in [6.07, 6.45) is 4.26. The highest BCUT2D eigenvalue weighted by atomic mass is 19.3. The Kier molecular flexibility index (Phi) is 6.12. The summed E-state index contributed by atoms with van der Waals surface area (Å²) in [5, 5.41) is 3.98. The lowest BCUT2D eigenvalue weighted by molar-refractivity contribution is 0.0923. The summed E-state index contributed by atoms with van der Waals surface area (Å²) in [6, 6.07) is 14.2. The van der Waals surface area contributed by atoms with E-state index in [4.69, 9.17) is 0 Å². The van der Waals surface area contributed by atoms with E-state index in [2.05, 4.69) is 29.4 Å². The third-order valence-electron chi connectivity index (χ3n) is 5.99. The molecule has 1 aliphatic carbocycles. The second-order valence-corrected chi connectivity index (χ2v) is 8.22. The van der Waals surface area contributed by atoms with Gasteiger partial charge in [-0.2, -0.15) is 0 Å². The van der Waals surface area contributed by atoms with Gasteiger partial charge >= 0.3 is 0 Å². The highest BCUT2D eigenvalue weighted by Crippen LogP contribution is 2.28. The lowest BCUT2D eigenvalue weighted by atomic mass is 9.90. The number of hydrogen-bond donors (Lipinski definition) is 1. The summed E-state index contributed by atoms with van der Waals surface area (Å²) in [5.74, 6) is 0.325. The van der Waals surface area contributed by atoms with E-state index in [9.17, 15) is 13.6 Å². The van der Waals surface area contributed by atoms with Crippen molar-refractivity contribution in [3.63, 3.8) is 0 Å². The smallest absolute Gasteiger partial charge is 0.263 e. The molecular formula is C26H26F2N2O. The molecular weight excluding hydrogens is 394 g/mol. The number of nitrogens with zero attached hydrogens (tertiary/aromatic N) is 1. The molecule has 1 unspecified atom stereocenters. The van der Waals surface area contributed by atoms with Crippen LogP contribution in [0.2, 0.25) is 0 Å². The lowest BCUT2D eigenvalue weighted by Gasteiger charge is -2.26. The molecule has 0 fully saturated rings. The van der Waals surface area contributed by atoms with Crippen LogP contribution in [0.15, 0.2) is 60.7 Å². The number of benzene rings is 2. The van der Waals surface area contributed by atoms with Crippen molar-refractivity contribution in [2.24, 2.45) is 5.92 Å². The average molecular weight is 421 g/mol. The molecule has 0 spiro atoms. The van der Waals surface area contributed by atoms with Crippen molar-refractivity contribution >= 4 is 16.8 Å². The van der Waals surface area contributed by atoms with E-state index >= 15 is 0 Å². The Morgan fingerprint density at radius 2 is 1.90 bits per heavy atom. The number of pyridine rings is 1. The topological polar surface area (TPSA) is 42.0 Å². The van der Waals surface area contributed by atoms with Crippen LogP contribution in [-0.2, 0) is 6.42 Å². The van der Waals surface area contributed by atoms with Crippen LogP contribution in [0, 0.1) is 5.92 Å². The van der Waals surface area contributed by atoms with Crippen LogP contribution in [0.3, 0.4) is 0 Å². The molecule has 3 nitrogen and oxygen atoms in total. The molecule has 160 valence electrons. The number of carbonyl (C=O) groups excluding carboxylic acids is 1. The van der Waals surface area contributed by atoms with E-state index in [0.29, 0.717) is 29.2 Å². The van der Waals surface area contributed by atoms with Gasteiger partial charge in [0.2, 0.25) is 0 Å². The molecule has 0 aliphatic heterocycles. The second-order valence-electron chi connectivity index (χ2n) is 8.22. The number of allylic oxidation sites excluding steroid dienone is 1. The summed E-state index contributed by atoms with van der Waals surface area (Å²) < 4.78 is 26.6. The highest BCUT2D eigenvalue weighted by Gasteiger charge is 2.21. The molecule has 0 radical (unpaired) electrons. The van der Waals surface area contributed by atoms with Gasteiger partial charge in [0.25, 0.3) is 12.3 Å². The Morgan fingerprint density at radius 1 is 1.10 bits per heavy atom. The number of aryl methyl sites for hydroxylation is 1. The van der Waals surface area contributed by atoms with Crippen LogP contribution in [0.1, 0.15) is 54.6 Å². The largest absolute Gasteiger partial charge is 0.349 e. The number of rotatable bonds is 5. The minimum atomic E-state index is -2.52. The maximum absolute atomic E-state index is 13.3. The number of amides is 1. The van der Waals surface area contributed by atoms with Crippen LogP contribution in [0.4, 0.5) is 8.78 Å². The van der Waals surface area contributed by atoms with E-state index in [-0.39, 0.29) is 17.5 Å². The lowest BCUT2D eigenvalue weighted by Crippen LogP contribution is -2.40. The van der Waals surface area contributed by atoms with E-state index in [1.54, 1.807) is 12.1 Å². The fraction of sp³-hybridized carbons (Fsp3) is 0.308. The summed E-state index contributed by atoms with van der Waals surface area (Å²) in [6.45, 7) is 4.09. The van der Waals surface area contributed by atoms with Crippen LogP contribution >= 0.6 is 0 Å². The Bertz CT molecular complexity index is 1140. The molecule has 0 saturated carbocycles. The van der Waals surface area contributed by atoms with Crippen LogP contribution in [0.25, 0.3) is 22.2 Å². The van der Waals surface area contributed by atoms with Gasteiger partial charge in [-0.05, 0) is 67.1 Å². The van der Waals surface area contributed by atoms with Gasteiger partial charge in [0.05, 0.1) is 11.2 Å². The summed E-state index contributed by atoms with van der Waals surface area (Å²) in [7, 11) is 0. The quantitative estimate of drug-likeness (QED) is 0.480. The van der Waals surface area contributed by atoms with Crippen molar-refractivity contribution in [3.05, 3.63) is 77.4 Å². The van der Waals surface area contributed by atoms with Crippen LogP contribution in [0.5, 0.6) is 0 Å². The van der Waals surface area contributed by atoms with Gasteiger partial charge in [-0.1, -0.05) is 38.1 Å². The molecule has 1 heterocycles. The Balaban J connectivity index is 1.61. The second kappa shape index (κ2) is 8.96. The number of nitrogens with one attached hydrogen (secondary N) is 1. The predicted octanol–water partition coefficient (Wildman–Crippen LogP) is 6.49. The molecule has 1 aliphatic rings. The van der Waals surface area contributed by atoms with Gasteiger partial charge < -0.3 is 5.32 Å². The van der Waals surface area contributed by atoms with Gasteiger partial charge in [0.1, 0.15) is 0 Å². The molecule has 1 N–H and O–H groups in total. The zero-order chi connectivity index (χ0) is 22.0. The third kappa shape index (κ3) is 4.66. The van der Waals surface area contributed by atoms with Gasteiger partial charge in [0, 0.05) is 28.1 Å². The molecule has 2 atom stereocenters. The first-order valence-electron chi connectivity index (χ1n) is 10.7. The average Bonchev–Trinajstić information content (AvgIpc) is 2.79. The zero-order valence-corrected chi connectivity index (χ0v) is 17.7. The number of carbonyl (C=O) groups is 1. The fourth-order valence-corrected chi connectivity index (χ4v) is 4.03. The Labute approximate surface area is 181 Å². The first-order chi connectivity index (χ1) is 14.9. The Hall–Kier alpha value is -3.08. The minimum absolute atomic E-state index is 0.00931. The van der Waals surface area contributed by atoms with E-state index < -0.39 is 6.43 Å². The van der Waals surface area contributed by atoms with Gasteiger partial charge in [-0.3, -0.25) is 4.79 Å². The zero-order valence-electron chi connectivity index (χ0n) is 17.7. The normalized spacial score (nSPS) is 18.5. The van der Waals surface area contributed by atoms with Crippen molar-refractivity contribution in [2.75, 3.05) is 0 Å². The van der Waals surface area contributed by atoms with Crippen LogP contribution < -0.4 is 5.32 Å². The molecule has 3 aromatic rings. The fourth-order valence-electron chi connectivity index (χ4n) is 4.03. The molecule has 1 aromatic heterocycles. The van der Waals surface area contributed by atoms with Gasteiger partial charge in [-0.15, -0.1) is 0 Å². The molecule has 4 rings (SSSR count). The maximum atomic E-state index is 13.3. The van der Waals surface area contributed by atoms with Crippen molar-refractivity contribution in [1.82, 2.24) is 10.3 Å². The summed E-state index contributed by atoms with van der Waals surface area (Å²) in [5.41, 5.74) is 3.51. The SMILES string of the molecule is CCc1cc(-c2ccc3cc(C(=O)NC4CC=CC[C@H]4C)ccc3n2)cc(C(F)F)c1. The molecule has 5 heteroatoms. The standard InChI is InChI=1S/C26H26F2N2O/c1-3-17-12-20(15-21(13-17)25(27)28)24-10-8-18-14-19(9-11-23(18)29-24)26(31)30-22-7-5-4-6-16(22)2/h4-5,8-16,22,25H,3,6-7H2,1-2H3,(H,30,31)/t16-,22?/m1/s1. The van der Waals surface area contributed by atoms with Gasteiger partial charge in [-0.25, -0.2) is 13.8 Å². The van der Waals surface area contributed by atoms with Crippen molar-refractivity contribution in [3.8, 4) is 11.3 Å². The van der Waals surface area contributed by atoms with Crippen molar-refractivity contribution in [1.29, 1.82) is 0 Å². The summed E-state index contributed by atoms with van der Waals surface area (Å²) in [4.78, 5) is 17.4. The third-order valence-corrected chi connectivity index (χ3v) is 5.99. The van der Waals surface area contributed by atoms with E-state index in [1.807, 2.05) is 37.3 Å². The minimum Gasteiger partial charge on any atom is -0.349 e. The number of halogens is 2. The van der Waals surface area contributed by atoms with Crippen molar-refractivity contribution < 1.29 is 13.6 Å². The molecule has 31 heavy (non-hydrogen) atoms. The maximum Gasteiger partial charge on any atom is 0.263 e. The molecule has 2 aromatic carbocycles. The predicted molar refractivity (Wildman–Crippen MR) is 120 cm³/mol. The monoisotopic (exact) mass is 420 g/mol. The number of aromatic nitrogens is 1. The van der Waals surface area contributed by atoms with E-state index in [0.717, 1.165) is 29.3 Å². The Morgan fingerprint density at radius 3 is 2.65 bits per heavy atom. The summed E-state index contributed by atoms with van der Waals surface area (Å²) >= 11 is 0. The highest BCUT2D eigenvalue weighted by molar-refractivity contribution is 5.98. The first-order valence-corrected chi connectivity index (χ1v) is 10.7. The van der Waals surface area contributed by atoms with Crippen molar-refractivity contribution in [2.45, 2.75) is 45.6 Å². The number of fused-ring (bicyclic) bond motifs is 1. The molecule has 1 amide bonds. The number of hydrogen-bond acceptors (Lipinski definition) is 2. The van der Waals surface area contributed by atoms with Crippen LogP contribution in [-0.4, -0.2) is 16.9 Å².